The van der Waals surface area contributed by atoms with Crippen molar-refractivity contribution in [2.75, 3.05) is 18.8 Å². The first kappa shape index (κ1) is 23.4. The van der Waals surface area contributed by atoms with E-state index >= 15 is 0 Å². The Balaban J connectivity index is 1.51. The number of rotatable bonds is 4. The second kappa shape index (κ2) is 8.67. The Morgan fingerprint density at radius 2 is 1.83 bits per heavy atom. The summed E-state index contributed by atoms with van der Waals surface area (Å²) in [5.74, 6) is 1.28. The Hall–Kier alpha value is -1.32. The number of carbonyl (C=O) groups is 1. The van der Waals surface area contributed by atoms with Crippen molar-refractivity contribution in [2.24, 2.45) is 5.92 Å². The Labute approximate surface area is 184 Å². The van der Waals surface area contributed by atoms with E-state index in [1.807, 2.05) is 53.4 Å². The van der Waals surface area contributed by atoms with Crippen LogP contribution in [0.3, 0.4) is 0 Å². The van der Waals surface area contributed by atoms with E-state index in [0.717, 1.165) is 35.8 Å². The fraction of sp³-hybridized carbons (Fsp3) is 0.762. The molecular formula is C21H34BN3O4S. The normalized spacial score (nSPS) is 23.5. The number of carbonyl (C=O) groups excluding carboxylic acids is 1. The average Bonchev–Trinajstić information content (AvgIpc) is 2.87. The number of thioether (sulfide) groups is 1. The summed E-state index contributed by atoms with van der Waals surface area (Å²) in [6, 6.07) is 0. The van der Waals surface area contributed by atoms with E-state index < -0.39 is 12.7 Å². The lowest BCUT2D eigenvalue weighted by Gasteiger charge is -2.33. The smallest absolute Gasteiger partial charge is 0.444 e. The van der Waals surface area contributed by atoms with Crippen molar-refractivity contribution in [3.63, 3.8) is 0 Å². The van der Waals surface area contributed by atoms with Crippen LogP contribution in [0.5, 0.6) is 0 Å². The van der Waals surface area contributed by atoms with Crippen LogP contribution in [0.2, 0.25) is 0 Å². The van der Waals surface area contributed by atoms with Gasteiger partial charge in [0.05, 0.1) is 11.2 Å². The number of hydrogen-bond acceptors (Lipinski definition) is 7. The van der Waals surface area contributed by atoms with Crippen LogP contribution in [-0.2, 0) is 14.0 Å². The van der Waals surface area contributed by atoms with Gasteiger partial charge in [-0.2, -0.15) is 0 Å². The van der Waals surface area contributed by atoms with Gasteiger partial charge in [0.2, 0.25) is 0 Å². The molecule has 7 nitrogen and oxygen atoms in total. The van der Waals surface area contributed by atoms with Crippen molar-refractivity contribution in [1.29, 1.82) is 0 Å². The molecule has 0 bridgehead atoms. The SMILES string of the molecule is CC(C)(C)OC(=O)N1CCCC(CSc2ncc(B3OC(C)(C)C(C)(C)O3)cn2)C1. The van der Waals surface area contributed by atoms with Crippen LogP contribution < -0.4 is 5.46 Å². The van der Waals surface area contributed by atoms with Crippen LogP contribution in [0.15, 0.2) is 17.6 Å². The van der Waals surface area contributed by atoms with Gasteiger partial charge in [-0.05, 0) is 67.2 Å². The van der Waals surface area contributed by atoms with E-state index in [4.69, 9.17) is 14.0 Å². The van der Waals surface area contributed by atoms with Crippen LogP contribution in [0.1, 0.15) is 61.3 Å². The van der Waals surface area contributed by atoms with Gasteiger partial charge in [-0.3, -0.25) is 0 Å². The molecule has 0 aromatic carbocycles. The zero-order valence-electron chi connectivity index (χ0n) is 19.2. The molecule has 1 unspecified atom stereocenters. The van der Waals surface area contributed by atoms with Crippen molar-refractivity contribution < 1.29 is 18.8 Å². The topological polar surface area (TPSA) is 73.8 Å². The predicted molar refractivity (Wildman–Crippen MR) is 119 cm³/mol. The number of piperidine rings is 1. The van der Waals surface area contributed by atoms with Crippen molar-refractivity contribution in [3.05, 3.63) is 12.4 Å². The summed E-state index contributed by atoms with van der Waals surface area (Å²) in [6.07, 6.45) is 5.43. The Morgan fingerprint density at radius 3 is 2.40 bits per heavy atom. The van der Waals surface area contributed by atoms with Gasteiger partial charge in [0.15, 0.2) is 5.16 Å². The fourth-order valence-electron chi connectivity index (χ4n) is 3.39. The minimum atomic E-state index is -0.467. The molecule has 3 heterocycles. The summed E-state index contributed by atoms with van der Waals surface area (Å²) >= 11 is 1.62. The van der Waals surface area contributed by atoms with Gasteiger partial charge in [-0.1, -0.05) is 11.8 Å². The highest BCUT2D eigenvalue weighted by molar-refractivity contribution is 7.99. The van der Waals surface area contributed by atoms with Crippen molar-refractivity contribution in [2.45, 2.75) is 83.3 Å². The molecule has 9 heteroatoms. The highest BCUT2D eigenvalue weighted by Crippen LogP contribution is 2.36. The summed E-state index contributed by atoms with van der Waals surface area (Å²) in [7, 11) is -0.449. The standard InChI is InChI=1S/C21H34BN3O4S/c1-19(2,3)27-18(26)25-10-8-9-15(13-25)14-30-17-23-11-16(12-24-17)22-28-20(4,5)21(6,7)29-22/h11-12,15H,8-10,13-14H2,1-7H3. The van der Waals surface area contributed by atoms with Gasteiger partial charge in [-0.25, -0.2) is 14.8 Å². The summed E-state index contributed by atoms with van der Waals surface area (Å²) in [5.41, 5.74) is -0.407. The minimum absolute atomic E-state index is 0.222. The third kappa shape index (κ3) is 5.68. The lowest BCUT2D eigenvalue weighted by Crippen LogP contribution is -2.43. The maximum atomic E-state index is 12.3. The molecule has 30 heavy (non-hydrogen) atoms. The molecule has 166 valence electrons. The third-order valence-corrected chi connectivity index (χ3v) is 6.90. The number of amides is 1. The largest absolute Gasteiger partial charge is 0.498 e. The van der Waals surface area contributed by atoms with Gasteiger partial charge in [0.1, 0.15) is 5.60 Å². The maximum absolute atomic E-state index is 12.3. The summed E-state index contributed by atoms with van der Waals surface area (Å²) < 4.78 is 17.6. The molecule has 1 atom stereocenters. The molecule has 1 amide bonds. The highest BCUT2D eigenvalue weighted by atomic mass is 32.2. The highest BCUT2D eigenvalue weighted by Gasteiger charge is 2.52. The van der Waals surface area contributed by atoms with Gasteiger partial charge in [0, 0.05) is 36.7 Å². The summed E-state index contributed by atoms with van der Waals surface area (Å²) in [6.45, 7) is 15.3. The fourth-order valence-corrected chi connectivity index (χ4v) is 4.30. The van der Waals surface area contributed by atoms with E-state index in [0.29, 0.717) is 12.5 Å². The second-order valence-electron chi connectivity index (χ2n) is 10.1. The third-order valence-electron chi connectivity index (χ3n) is 5.79. The van der Waals surface area contributed by atoms with Gasteiger partial charge >= 0.3 is 13.2 Å². The quantitative estimate of drug-likeness (QED) is 0.407. The van der Waals surface area contributed by atoms with Crippen molar-refractivity contribution >= 4 is 30.4 Å². The van der Waals surface area contributed by atoms with Crippen LogP contribution in [-0.4, -0.2) is 63.7 Å². The van der Waals surface area contributed by atoms with Gasteiger partial charge < -0.3 is 18.9 Å². The zero-order valence-corrected chi connectivity index (χ0v) is 20.0. The van der Waals surface area contributed by atoms with Gasteiger partial charge in [-0.15, -0.1) is 0 Å². The molecule has 3 rings (SSSR count). The van der Waals surface area contributed by atoms with Crippen molar-refractivity contribution in [1.82, 2.24) is 14.9 Å². The number of aromatic nitrogens is 2. The number of nitrogens with zero attached hydrogens (tertiary/aromatic N) is 3. The molecule has 0 saturated carbocycles. The van der Waals surface area contributed by atoms with Crippen LogP contribution in [0.25, 0.3) is 0 Å². The molecule has 1 aromatic heterocycles. The first-order chi connectivity index (χ1) is 13.9. The predicted octanol–water partition coefficient (Wildman–Crippen LogP) is 3.52. The molecule has 0 N–H and O–H groups in total. The lowest BCUT2D eigenvalue weighted by molar-refractivity contribution is 0.00578. The van der Waals surface area contributed by atoms with Crippen LogP contribution >= 0.6 is 11.8 Å². The molecular weight excluding hydrogens is 401 g/mol. The molecule has 2 aliphatic rings. The van der Waals surface area contributed by atoms with E-state index in [1.165, 1.54) is 0 Å². The molecule has 0 radical (unpaired) electrons. The first-order valence-electron chi connectivity index (χ1n) is 10.6. The number of hydrogen-bond donors (Lipinski definition) is 0. The van der Waals surface area contributed by atoms with E-state index in [1.54, 1.807) is 24.2 Å². The monoisotopic (exact) mass is 435 g/mol. The Morgan fingerprint density at radius 1 is 1.23 bits per heavy atom. The van der Waals surface area contributed by atoms with E-state index in [-0.39, 0.29) is 17.3 Å². The van der Waals surface area contributed by atoms with Gasteiger partial charge in [0.25, 0.3) is 0 Å². The molecule has 0 aliphatic carbocycles. The molecule has 2 saturated heterocycles. The summed E-state index contributed by atoms with van der Waals surface area (Å²) in [4.78, 5) is 23.1. The summed E-state index contributed by atoms with van der Waals surface area (Å²) in [5, 5.41) is 0.727. The first-order valence-corrected chi connectivity index (χ1v) is 11.6. The Kier molecular flexibility index (Phi) is 6.75. The van der Waals surface area contributed by atoms with Crippen LogP contribution in [0, 0.1) is 5.92 Å². The lowest BCUT2D eigenvalue weighted by atomic mass is 9.81. The molecule has 0 spiro atoms. The molecule has 1 aromatic rings. The van der Waals surface area contributed by atoms with E-state index in [9.17, 15) is 4.79 Å². The Bertz CT molecular complexity index is 736. The maximum Gasteiger partial charge on any atom is 0.498 e. The number of ether oxygens (including phenoxy) is 1. The molecule has 2 aliphatic heterocycles. The zero-order chi connectivity index (χ0) is 22.2. The number of likely N-dealkylation sites (tertiary alicyclic amines) is 1. The second-order valence-corrected chi connectivity index (χ2v) is 11.1. The van der Waals surface area contributed by atoms with E-state index in [2.05, 4.69) is 9.97 Å². The minimum Gasteiger partial charge on any atom is -0.444 e. The van der Waals surface area contributed by atoms with Crippen LogP contribution in [0.4, 0.5) is 4.79 Å². The molecule has 2 fully saturated rings. The average molecular weight is 435 g/mol. The van der Waals surface area contributed by atoms with Crippen molar-refractivity contribution in [3.8, 4) is 0 Å².